The number of amides is 1. The highest BCUT2D eigenvalue weighted by Crippen LogP contribution is 2.43. The fourth-order valence-electron chi connectivity index (χ4n) is 3.07. The lowest BCUT2D eigenvalue weighted by molar-refractivity contribution is -0.142. The highest BCUT2D eigenvalue weighted by atomic mass is 35.5. The Labute approximate surface area is 159 Å². The number of carbonyl (C=O) groups excluding carboxylic acids is 2. The predicted molar refractivity (Wildman–Crippen MR) is 94.1 cm³/mol. The Morgan fingerprint density at radius 3 is 2.52 bits per heavy atom. The van der Waals surface area contributed by atoms with Crippen LogP contribution in [0.25, 0.3) is 5.52 Å². The van der Waals surface area contributed by atoms with Crippen LogP contribution in [0, 0.1) is 0 Å². The van der Waals surface area contributed by atoms with Crippen LogP contribution >= 0.6 is 11.6 Å². The number of nitrogens with zero attached hydrogens (tertiary/aromatic N) is 3. The number of hydrogen-bond donors (Lipinski definition) is 0. The summed E-state index contributed by atoms with van der Waals surface area (Å²) in [6, 6.07) is 2.63. The van der Waals surface area contributed by atoms with Crippen LogP contribution in [0.15, 0.2) is 12.1 Å². The molecule has 2 heterocycles. The van der Waals surface area contributed by atoms with Gasteiger partial charge >= 0.3 is 6.18 Å². The first kappa shape index (κ1) is 19.7. The molecule has 0 spiro atoms. The maximum atomic E-state index is 13.5. The molecule has 27 heavy (non-hydrogen) atoms. The first-order valence-electron chi connectivity index (χ1n) is 8.71. The zero-order valence-corrected chi connectivity index (χ0v) is 15.7. The number of pyridine rings is 1. The summed E-state index contributed by atoms with van der Waals surface area (Å²) in [7, 11) is 0. The molecule has 0 saturated heterocycles. The SMILES string of the molecule is CCCN(CC(C)=O)C(=O)c1nn2c(C(F)(F)F)cc(C3CC3)cc2c1Cl. The molecule has 1 fully saturated rings. The molecule has 1 amide bonds. The minimum atomic E-state index is -4.64. The second-order valence-electron chi connectivity index (χ2n) is 6.83. The number of rotatable bonds is 6. The minimum Gasteiger partial charge on any atom is -0.330 e. The molecule has 0 bridgehead atoms. The molecule has 1 aliphatic carbocycles. The summed E-state index contributed by atoms with van der Waals surface area (Å²) in [6.07, 6.45) is -2.40. The Hall–Kier alpha value is -2.09. The van der Waals surface area contributed by atoms with Gasteiger partial charge in [0.1, 0.15) is 11.5 Å². The quantitative estimate of drug-likeness (QED) is 0.724. The van der Waals surface area contributed by atoms with E-state index in [-0.39, 0.29) is 41.0 Å². The maximum absolute atomic E-state index is 13.5. The smallest absolute Gasteiger partial charge is 0.330 e. The first-order valence-corrected chi connectivity index (χ1v) is 9.09. The number of fused-ring (bicyclic) bond motifs is 1. The van der Waals surface area contributed by atoms with E-state index >= 15 is 0 Å². The summed E-state index contributed by atoms with van der Waals surface area (Å²) in [5.41, 5.74) is -0.637. The third-order valence-corrected chi connectivity index (χ3v) is 4.80. The van der Waals surface area contributed by atoms with E-state index in [1.54, 1.807) is 6.07 Å². The largest absolute Gasteiger partial charge is 0.433 e. The van der Waals surface area contributed by atoms with Crippen LogP contribution in [0.5, 0.6) is 0 Å². The van der Waals surface area contributed by atoms with Crippen LogP contribution in [0.3, 0.4) is 0 Å². The average molecular weight is 402 g/mol. The second kappa shape index (κ2) is 7.14. The number of aromatic nitrogens is 2. The molecule has 3 rings (SSSR count). The van der Waals surface area contributed by atoms with Gasteiger partial charge in [-0.2, -0.15) is 18.3 Å². The second-order valence-corrected chi connectivity index (χ2v) is 7.21. The normalized spacial score (nSPS) is 14.6. The van der Waals surface area contributed by atoms with Crippen molar-refractivity contribution in [1.82, 2.24) is 14.5 Å². The van der Waals surface area contributed by atoms with Crippen LogP contribution in [0.2, 0.25) is 5.02 Å². The Morgan fingerprint density at radius 2 is 2.00 bits per heavy atom. The van der Waals surface area contributed by atoms with Gasteiger partial charge in [-0.1, -0.05) is 18.5 Å². The van der Waals surface area contributed by atoms with Gasteiger partial charge in [-0.25, -0.2) is 4.52 Å². The summed E-state index contributed by atoms with van der Waals surface area (Å²) < 4.78 is 41.3. The van der Waals surface area contributed by atoms with Gasteiger partial charge < -0.3 is 4.90 Å². The standard InChI is InChI=1S/C18H19ClF3N3O2/c1-3-6-24(9-10(2)26)17(27)16-15(19)13-7-12(11-4-5-11)8-14(18(20,21)22)25(13)23-16/h7-8,11H,3-6,9H2,1-2H3. The summed E-state index contributed by atoms with van der Waals surface area (Å²) in [4.78, 5) is 25.5. The van der Waals surface area contributed by atoms with Gasteiger partial charge in [0.25, 0.3) is 5.91 Å². The number of hydrogen-bond acceptors (Lipinski definition) is 3. The van der Waals surface area contributed by atoms with Crippen molar-refractivity contribution in [3.63, 3.8) is 0 Å². The number of alkyl halides is 3. The van der Waals surface area contributed by atoms with E-state index in [0.717, 1.165) is 18.9 Å². The molecule has 0 N–H and O–H groups in total. The highest BCUT2D eigenvalue weighted by molar-refractivity contribution is 6.36. The lowest BCUT2D eigenvalue weighted by atomic mass is 10.1. The van der Waals surface area contributed by atoms with Crippen LogP contribution in [-0.2, 0) is 11.0 Å². The Morgan fingerprint density at radius 1 is 1.33 bits per heavy atom. The van der Waals surface area contributed by atoms with Gasteiger partial charge in [0.2, 0.25) is 0 Å². The maximum Gasteiger partial charge on any atom is 0.433 e. The van der Waals surface area contributed by atoms with Crippen molar-refractivity contribution in [3.05, 3.63) is 34.1 Å². The molecular weight excluding hydrogens is 383 g/mol. The van der Waals surface area contributed by atoms with Crippen molar-refractivity contribution in [3.8, 4) is 0 Å². The fraction of sp³-hybridized carbons (Fsp3) is 0.500. The molecule has 5 nitrogen and oxygen atoms in total. The van der Waals surface area contributed by atoms with E-state index in [2.05, 4.69) is 5.10 Å². The number of ketones is 1. The molecule has 2 aromatic rings. The van der Waals surface area contributed by atoms with Gasteiger partial charge in [-0.05, 0) is 49.8 Å². The van der Waals surface area contributed by atoms with Crippen LogP contribution in [0.1, 0.15) is 60.8 Å². The lowest BCUT2D eigenvalue weighted by Gasteiger charge is -2.19. The van der Waals surface area contributed by atoms with Gasteiger partial charge in [0.15, 0.2) is 5.69 Å². The zero-order chi connectivity index (χ0) is 19.9. The number of carbonyl (C=O) groups is 2. The van der Waals surface area contributed by atoms with Gasteiger partial charge in [0.05, 0.1) is 17.1 Å². The molecule has 0 radical (unpaired) electrons. The molecule has 2 aromatic heterocycles. The van der Waals surface area contributed by atoms with E-state index in [4.69, 9.17) is 11.6 Å². The summed E-state index contributed by atoms with van der Waals surface area (Å²) in [5, 5.41) is 3.74. The fourth-order valence-corrected chi connectivity index (χ4v) is 3.32. The van der Waals surface area contributed by atoms with Crippen molar-refractivity contribution >= 4 is 28.8 Å². The summed E-state index contributed by atoms with van der Waals surface area (Å²) >= 11 is 6.27. The predicted octanol–water partition coefficient (Wildman–Crippen LogP) is 4.33. The van der Waals surface area contributed by atoms with Crippen LogP contribution < -0.4 is 0 Å². The van der Waals surface area contributed by atoms with E-state index in [0.29, 0.717) is 16.5 Å². The minimum absolute atomic E-state index is 0.0519. The van der Waals surface area contributed by atoms with Crippen molar-refractivity contribution in [2.45, 2.75) is 45.2 Å². The summed E-state index contributed by atoms with van der Waals surface area (Å²) in [6.45, 7) is 3.30. The van der Waals surface area contributed by atoms with Crippen LogP contribution in [-0.4, -0.2) is 39.3 Å². The molecule has 0 aliphatic heterocycles. The van der Waals surface area contributed by atoms with E-state index in [1.165, 1.54) is 11.8 Å². The third kappa shape index (κ3) is 3.95. The molecule has 0 unspecified atom stereocenters. The highest BCUT2D eigenvalue weighted by Gasteiger charge is 2.38. The summed E-state index contributed by atoms with van der Waals surface area (Å²) in [5.74, 6) is -0.805. The average Bonchev–Trinajstić information content (AvgIpc) is 3.37. The van der Waals surface area contributed by atoms with E-state index < -0.39 is 17.8 Å². The monoisotopic (exact) mass is 401 g/mol. The number of halogens is 4. The first-order chi connectivity index (χ1) is 12.6. The molecule has 146 valence electrons. The van der Waals surface area contributed by atoms with E-state index in [1.807, 2.05) is 6.92 Å². The molecular formula is C18H19ClF3N3O2. The van der Waals surface area contributed by atoms with Gasteiger partial charge in [-0.3, -0.25) is 9.59 Å². The molecule has 1 saturated carbocycles. The van der Waals surface area contributed by atoms with Crippen LogP contribution in [0.4, 0.5) is 13.2 Å². The molecule has 9 heteroatoms. The van der Waals surface area contributed by atoms with Crippen molar-refractivity contribution < 1.29 is 22.8 Å². The Kier molecular flexibility index (Phi) is 5.20. The Balaban J connectivity index is 2.13. The lowest BCUT2D eigenvalue weighted by Crippen LogP contribution is -2.36. The zero-order valence-electron chi connectivity index (χ0n) is 14.9. The van der Waals surface area contributed by atoms with Crippen molar-refractivity contribution in [2.75, 3.05) is 13.1 Å². The van der Waals surface area contributed by atoms with Crippen molar-refractivity contribution in [1.29, 1.82) is 0 Å². The molecule has 1 aliphatic rings. The van der Waals surface area contributed by atoms with E-state index in [9.17, 15) is 22.8 Å². The molecule has 0 aromatic carbocycles. The third-order valence-electron chi connectivity index (χ3n) is 4.43. The topological polar surface area (TPSA) is 54.7 Å². The van der Waals surface area contributed by atoms with Crippen molar-refractivity contribution in [2.24, 2.45) is 0 Å². The number of Topliss-reactive ketones (excluding diaryl/α,β-unsaturated/α-hetero) is 1. The van der Waals surface area contributed by atoms with Gasteiger partial charge in [-0.15, -0.1) is 0 Å². The Bertz CT molecular complexity index is 903. The molecule has 0 atom stereocenters. The van der Waals surface area contributed by atoms with Gasteiger partial charge in [0, 0.05) is 6.54 Å².